The SMILES string of the molecule is CN[C@H]1Cc2ccc(OC)c3c2C2C(O3)C(C)CC[C@@]21O. The Morgan fingerprint density at radius 1 is 1.43 bits per heavy atom. The molecule has 1 heterocycles. The van der Waals surface area contributed by atoms with Gasteiger partial charge in [-0.05, 0) is 43.9 Å². The van der Waals surface area contributed by atoms with Gasteiger partial charge < -0.3 is 19.9 Å². The zero-order valence-corrected chi connectivity index (χ0v) is 12.8. The van der Waals surface area contributed by atoms with Crippen LogP contribution >= 0.6 is 0 Å². The van der Waals surface area contributed by atoms with Gasteiger partial charge in [-0.25, -0.2) is 0 Å². The van der Waals surface area contributed by atoms with E-state index in [1.165, 1.54) is 11.1 Å². The molecule has 1 aliphatic heterocycles. The summed E-state index contributed by atoms with van der Waals surface area (Å²) in [5.41, 5.74) is 1.77. The molecule has 1 saturated carbocycles. The van der Waals surface area contributed by atoms with Crippen molar-refractivity contribution < 1.29 is 14.6 Å². The summed E-state index contributed by atoms with van der Waals surface area (Å²) >= 11 is 0. The molecule has 1 aromatic carbocycles. The maximum atomic E-state index is 11.4. The maximum absolute atomic E-state index is 11.4. The third-order valence-electron chi connectivity index (χ3n) is 5.84. The maximum Gasteiger partial charge on any atom is 0.165 e. The molecule has 2 N–H and O–H groups in total. The van der Waals surface area contributed by atoms with Gasteiger partial charge in [-0.15, -0.1) is 0 Å². The number of nitrogens with one attached hydrogen (secondary N) is 1. The third kappa shape index (κ3) is 1.58. The molecule has 0 bridgehead atoms. The number of hydrogen-bond acceptors (Lipinski definition) is 4. The van der Waals surface area contributed by atoms with Gasteiger partial charge in [0, 0.05) is 11.6 Å². The first-order valence-electron chi connectivity index (χ1n) is 7.86. The van der Waals surface area contributed by atoms with Crippen LogP contribution in [0.4, 0.5) is 0 Å². The Bertz CT molecular complexity index is 588. The average Bonchev–Trinajstić information content (AvgIpc) is 2.91. The lowest BCUT2D eigenvalue weighted by atomic mass is 9.60. The van der Waals surface area contributed by atoms with Crippen LogP contribution in [0.3, 0.4) is 0 Å². The van der Waals surface area contributed by atoms with Gasteiger partial charge in [-0.1, -0.05) is 13.0 Å². The summed E-state index contributed by atoms with van der Waals surface area (Å²) in [6, 6.07) is 4.22. The van der Waals surface area contributed by atoms with Gasteiger partial charge in [-0.3, -0.25) is 0 Å². The molecule has 114 valence electrons. The van der Waals surface area contributed by atoms with E-state index in [1.54, 1.807) is 7.11 Å². The molecular formula is C17H23NO3. The van der Waals surface area contributed by atoms with Crippen LogP contribution < -0.4 is 14.8 Å². The fourth-order valence-electron chi connectivity index (χ4n) is 4.69. The zero-order chi connectivity index (χ0) is 14.8. The van der Waals surface area contributed by atoms with Crippen LogP contribution in [0.1, 0.15) is 36.8 Å². The minimum absolute atomic E-state index is 0.0601. The fourth-order valence-corrected chi connectivity index (χ4v) is 4.69. The van der Waals surface area contributed by atoms with Crippen LogP contribution in [0.25, 0.3) is 0 Å². The number of benzene rings is 1. The smallest absolute Gasteiger partial charge is 0.165 e. The first kappa shape index (κ1) is 13.4. The molecule has 5 atom stereocenters. The third-order valence-corrected chi connectivity index (χ3v) is 5.84. The van der Waals surface area contributed by atoms with E-state index in [2.05, 4.69) is 18.3 Å². The van der Waals surface area contributed by atoms with Crippen LogP contribution in [0, 0.1) is 5.92 Å². The highest BCUT2D eigenvalue weighted by atomic mass is 16.5. The Kier molecular flexibility index (Phi) is 2.79. The molecule has 2 aliphatic carbocycles. The van der Waals surface area contributed by atoms with E-state index in [9.17, 15) is 5.11 Å². The lowest BCUT2D eigenvalue weighted by Crippen LogP contribution is -2.62. The summed E-state index contributed by atoms with van der Waals surface area (Å²) in [4.78, 5) is 0. The molecule has 1 fully saturated rings. The number of methoxy groups -OCH3 is 1. The van der Waals surface area contributed by atoms with Crippen molar-refractivity contribution in [2.24, 2.45) is 5.92 Å². The van der Waals surface area contributed by atoms with Crippen LogP contribution in [0.15, 0.2) is 12.1 Å². The number of likely N-dealkylation sites (N-methyl/N-ethyl adjacent to an activating group) is 1. The van der Waals surface area contributed by atoms with Gasteiger partial charge in [-0.2, -0.15) is 0 Å². The quantitative estimate of drug-likeness (QED) is 0.872. The summed E-state index contributed by atoms with van der Waals surface area (Å²) in [7, 11) is 3.62. The lowest BCUT2D eigenvalue weighted by Gasteiger charge is -2.50. The highest BCUT2D eigenvalue weighted by molar-refractivity contribution is 5.59. The fraction of sp³-hybridized carbons (Fsp3) is 0.647. The molecule has 4 nitrogen and oxygen atoms in total. The number of rotatable bonds is 2. The Morgan fingerprint density at radius 3 is 2.95 bits per heavy atom. The van der Waals surface area contributed by atoms with Crippen molar-refractivity contribution in [3.05, 3.63) is 23.3 Å². The first-order valence-corrected chi connectivity index (χ1v) is 7.86. The second-order valence-electron chi connectivity index (χ2n) is 6.78. The van der Waals surface area contributed by atoms with Crippen LogP contribution in [0.5, 0.6) is 11.5 Å². The van der Waals surface area contributed by atoms with Gasteiger partial charge in [0.2, 0.25) is 0 Å². The molecule has 1 aromatic rings. The van der Waals surface area contributed by atoms with Crippen molar-refractivity contribution in [1.82, 2.24) is 5.32 Å². The van der Waals surface area contributed by atoms with E-state index < -0.39 is 5.60 Å². The van der Waals surface area contributed by atoms with Crippen molar-refractivity contribution in [2.75, 3.05) is 14.2 Å². The minimum Gasteiger partial charge on any atom is -0.493 e. The molecule has 0 radical (unpaired) electrons. The van der Waals surface area contributed by atoms with Crippen LogP contribution in [-0.4, -0.2) is 37.0 Å². The number of hydrogen-bond donors (Lipinski definition) is 2. The summed E-state index contributed by atoms with van der Waals surface area (Å²) in [6.45, 7) is 2.23. The second kappa shape index (κ2) is 4.37. The number of aliphatic hydroxyl groups is 1. The van der Waals surface area contributed by atoms with Gasteiger partial charge in [0.15, 0.2) is 11.5 Å². The zero-order valence-electron chi connectivity index (χ0n) is 12.8. The van der Waals surface area contributed by atoms with Crippen molar-refractivity contribution in [3.63, 3.8) is 0 Å². The second-order valence-corrected chi connectivity index (χ2v) is 6.78. The summed E-state index contributed by atoms with van der Waals surface area (Å²) < 4.78 is 11.8. The lowest BCUT2D eigenvalue weighted by molar-refractivity contribution is -0.0933. The molecule has 3 aliphatic rings. The van der Waals surface area contributed by atoms with Crippen LogP contribution in [0.2, 0.25) is 0 Å². The van der Waals surface area contributed by atoms with Gasteiger partial charge >= 0.3 is 0 Å². The van der Waals surface area contributed by atoms with E-state index >= 15 is 0 Å². The molecule has 0 saturated heterocycles. The normalized spacial score (nSPS) is 39.6. The Hall–Kier alpha value is -1.26. The minimum atomic E-state index is -0.712. The summed E-state index contributed by atoms with van der Waals surface area (Å²) in [5, 5.41) is 14.7. The van der Waals surface area contributed by atoms with Crippen molar-refractivity contribution in [2.45, 2.75) is 49.9 Å². The van der Waals surface area contributed by atoms with Gasteiger partial charge in [0.05, 0.1) is 18.6 Å². The predicted molar refractivity (Wildman–Crippen MR) is 80.1 cm³/mol. The molecule has 3 unspecified atom stereocenters. The van der Waals surface area contributed by atoms with E-state index in [-0.39, 0.29) is 18.1 Å². The van der Waals surface area contributed by atoms with E-state index in [1.807, 2.05) is 13.1 Å². The largest absolute Gasteiger partial charge is 0.493 e. The molecule has 0 spiro atoms. The van der Waals surface area contributed by atoms with Crippen LogP contribution in [-0.2, 0) is 6.42 Å². The van der Waals surface area contributed by atoms with E-state index in [0.29, 0.717) is 5.92 Å². The molecule has 4 rings (SSSR count). The molecule has 21 heavy (non-hydrogen) atoms. The van der Waals surface area contributed by atoms with Gasteiger partial charge in [0.1, 0.15) is 6.10 Å². The molecular weight excluding hydrogens is 266 g/mol. The summed E-state index contributed by atoms with van der Waals surface area (Å²) in [6.07, 6.45) is 2.74. The first-order chi connectivity index (χ1) is 10.1. The van der Waals surface area contributed by atoms with Crippen molar-refractivity contribution >= 4 is 0 Å². The van der Waals surface area contributed by atoms with Gasteiger partial charge in [0.25, 0.3) is 0 Å². The average molecular weight is 289 g/mol. The molecule has 0 amide bonds. The van der Waals surface area contributed by atoms with Crippen molar-refractivity contribution in [3.8, 4) is 11.5 Å². The van der Waals surface area contributed by atoms with Crippen molar-refractivity contribution in [1.29, 1.82) is 0 Å². The Balaban J connectivity index is 1.93. The Labute approximate surface area is 125 Å². The van der Waals surface area contributed by atoms with E-state index in [0.717, 1.165) is 30.8 Å². The predicted octanol–water partition coefficient (Wildman–Crippen LogP) is 1.84. The summed E-state index contributed by atoms with van der Waals surface area (Å²) in [5.74, 6) is 2.18. The highest BCUT2D eigenvalue weighted by Crippen LogP contribution is 2.59. The molecule has 4 heteroatoms. The van der Waals surface area contributed by atoms with E-state index in [4.69, 9.17) is 9.47 Å². The Morgan fingerprint density at radius 2 is 2.24 bits per heavy atom. The monoisotopic (exact) mass is 289 g/mol. The topological polar surface area (TPSA) is 50.7 Å². The highest BCUT2D eigenvalue weighted by Gasteiger charge is 2.59. The standard InChI is InChI=1S/C17H23NO3/c1-9-6-7-17(19)12(18-2)8-10-4-5-11(20-3)16-13(10)14(17)15(9)21-16/h4-5,9,12,14-15,18-19H,6-8H2,1-3H3/t9?,12-,14?,15?,17-/m0/s1. The molecule has 0 aromatic heterocycles. The number of ether oxygens (including phenoxy) is 2.